The van der Waals surface area contributed by atoms with Crippen molar-refractivity contribution in [2.45, 2.75) is 4.90 Å². The number of nitrogens with zero attached hydrogens (tertiary/aromatic N) is 1. The lowest BCUT2D eigenvalue weighted by molar-refractivity contribution is 0.0730. The average Bonchev–Trinajstić information content (AvgIpc) is 2.83. The van der Waals surface area contributed by atoms with Crippen molar-refractivity contribution in [2.75, 3.05) is 31.6 Å². The second-order valence-electron chi connectivity index (χ2n) is 7.17. The number of amides is 1. The van der Waals surface area contributed by atoms with Gasteiger partial charge in [0.1, 0.15) is 17.4 Å². The highest BCUT2D eigenvalue weighted by molar-refractivity contribution is 7.89. The maximum Gasteiger partial charge on any atom is 0.258 e. The molecule has 1 aliphatic rings. The van der Waals surface area contributed by atoms with E-state index in [-0.39, 0.29) is 42.6 Å². The van der Waals surface area contributed by atoms with Gasteiger partial charge in [-0.3, -0.25) is 4.79 Å². The quantitative estimate of drug-likeness (QED) is 0.583. The van der Waals surface area contributed by atoms with Gasteiger partial charge in [0.2, 0.25) is 10.0 Å². The number of carbonyl (C=O) groups is 1. The van der Waals surface area contributed by atoms with Crippen LogP contribution in [-0.2, 0) is 14.8 Å². The molecule has 3 aromatic rings. The van der Waals surface area contributed by atoms with Gasteiger partial charge in [-0.25, -0.2) is 17.2 Å². The van der Waals surface area contributed by atoms with Crippen molar-refractivity contribution in [3.05, 3.63) is 83.9 Å². The number of halogens is 2. The zero-order chi connectivity index (χ0) is 23.4. The van der Waals surface area contributed by atoms with E-state index in [1.807, 2.05) is 0 Å². The third-order valence-corrected chi connectivity index (χ3v) is 6.85. The van der Waals surface area contributed by atoms with E-state index >= 15 is 0 Å². The Labute approximate surface area is 189 Å². The molecule has 0 aliphatic carbocycles. The highest BCUT2D eigenvalue weighted by atomic mass is 32.2. The Bertz CT molecular complexity index is 1260. The fourth-order valence-electron chi connectivity index (χ4n) is 3.27. The van der Waals surface area contributed by atoms with Gasteiger partial charge in [-0.05, 0) is 48.5 Å². The standard InChI is InChI=1S/C23H20F2N2O5S/c24-16-6-8-20(25)19(14-16)23(28)26-21-15-18(33(29,30)27-10-12-31-13-11-27)7-9-22(21)32-17-4-2-1-3-5-17/h1-9,14-15H,10-13H2,(H,26,28). The van der Waals surface area contributed by atoms with Crippen molar-refractivity contribution in [1.29, 1.82) is 0 Å². The van der Waals surface area contributed by atoms with Crippen LogP contribution in [0, 0.1) is 11.6 Å². The molecule has 4 rings (SSSR count). The Kier molecular flexibility index (Phi) is 6.68. The molecule has 0 radical (unpaired) electrons. The molecule has 0 saturated carbocycles. The monoisotopic (exact) mass is 474 g/mol. The van der Waals surface area contributed by atoms with Crippen LogP contribution in [0.1, 0.15) is 10.4 Å². The normalized spacial score (nSPS) is 14.6. The van der Waals surface area contributed by atoms with Crippen molar-refractivity contribution < 1.29 is 31.5 Å². The molecule has 1 heterocycles. The summed E-state index contributed by atoms with van der Waals surface area (Å²) < 4.78 is 66.1. The van der Waals surface area contributed by atoms with E-state index in [1.165, 1.54) is 22.5 Å². The first-order valence-electron chi connectivity index (χ1n) is 10.1. The van der Waals surface area contributed by atoms with Gasteiger partial charge in [-0.1, -0.05) is 18.2 Å². The fourth-order valence-corrected chi connectivity index (χ4v) is 4.70. The first-order chi connectivity index (χ1) is 15.8. The number of hydrogen-bond acceptors (Lipinski definition) is 5. The van der Waals surface area contributed by atoms with Crippen molar-refractivity contribution in [2.24, 2.45) is 0 Å². The Morgan fingerprint density at radius 2 is 1.70 bits per heavy atom. The molecule has 1 N–H and O–H groups in total. The van der Waals surface area contributed by atoms with Gasteiger partial charge < -0.3 is 14.8 Å². The van der Waals surface area contributed by atoms with Crippen LogP contribution in [0.15, 0.2) is 71.6 Å². The smallest absolute Gasteiger partial charge is 0.258 e. The molecule has 1 amide bonds. The number of carbonyl (C=O) groups excluding carboxylic acids is 1. The van der Waals surface area contributed by atoms with E-state index in [2.05, 4.69) is 5.32 Å². The summed E-state index contributed by atoms with van der Waals surface area (Å²) in [5.41, 5.74) is -0.538. The highest BCUT2D eigenvalue weighted by Crippen LogP contribution is 2.33. The maximum atomic E-state index is 14.1. The summed E-state index contributed by atoms with van der Waals surface area (Å²) in [5.74, 6) is -2.09. The van der Waals surface area contributed by atoms with Crippen molar-refractivity contribution in [3.63, 3.8) is 0 Å². The number of morpholine rings is 1. The predicted octanol–water partition coefficient (Wildman–Crippen LogP) is 4.03. The SMILES string of the molecule is O=C(Nc1cc(S(=O)(=O)N2CCOCC2)ccc1Oc1ccccc1)c1cc(F)ccc1F. The van der Waals surface area contributed by atoms with Gasteiger partial charge in [0.05, 0.1) is 29.4 Å². The van der Waals surface area contributed by atoms with Gasteiger partial charge in [0.25, 0.3) is 5.91 Å². The van der Waals surface area contributed by atoms with Gasteiger partial charge in [0.15, 0.2) is 5.75 Å². The molecule has 1 fully saturated rings. The van der Waals surface area contributed by atoms with Gasteiger partial charge in [-0.15, -0.1) is 0 Å². The van der Waals surface area contributed by atoms with Crippen LogP contribution in [0.3, 0.4) is 0 Å². The maximum absolute atomic E-state index is 14.1. The van der Waals surface area contributed by atoms with Crippen LogP contribution in [-0.4, -0.2) is 44.9 Å². The molecule has 1 aliphatic heterocycles. The van der Waals surface area contributed by atoms with E-state index in [0.29, 0.717) is 5.75 Å². The molecule has 33 heavy (non-hydrogen) atoms. The van der Waals surface area contributed by atoms with Crippen LogP contribution in [0.4, 0.5) is 14.5 Å². The molecular weight excluding hydrogens is 454 g/mol. The zero-order valence-electron chi connectivity index (χ0n) is 17.3. The summed E-state index contributed by atoms with van der Waals surface area (Å²) >= 11 is 0. The summed E-state index contributed by atoms with van der Waals surface area (Å²) in [6, 6.07) is 15.1. The second-order valence-corrected chi connectivity index (χ2v) is 9.11. The van der Waals surface area contributed by atoms with E-state index in [1.54, 1.807) is 30.3 Å². The molecule has 3 aromatic carbocycles. The summed E-state index contributed by atoms with van der Waals surface area (Å²) in [5, 5.41) is 2.45. The summed E-state index contributed by atoms with van der Waals surface area (Å²) in [6.45, 7) is 0.940. The third kappa shape index (κ3) is 5.19. The van der Waals surface area contributed by atoms with Crippen molar-refractivity contribution in [3.8, 4) is 11.5 Å². The van der Waals surface area contributed by atoms with E-state index in [0.717, 1.165) is 18.2 Å². The largest absolute Gasteiger partial charge is 0.455 e. The number of sulfonamides is 1. The molecule has 7 nitrogen and oxygen atoms in total. The van der Waals surface area contributed by atoms with Gasteiger partial charge in [0, 0.05) is 13.1 Å². The minimum atomic E-state index is -3.88. The molecular formula is C23H20F2N2O5S. The molecule has 1 saturated heterocycles. The second kappa shape index (κ2) is 9.65. The lowest BCUT2D eigenvalue weighted by Crippen LogP contribution is -2.40. The number of anilines is 1. The number of nitrogens with one attached hydrogen (secondary N) is 1. The van der Waals surface area contributed by atoms with Crippen LogP contribution in [0.25, 0.3) is 0 Å². The van der Waals surface area contributed by atoms with E-state index in [9.17, 15) is 22.0 Å². The topological polar surface area (TPSA) is 84.9 Å². The van der Waals surface area contributed by atoms with Gasteiger partial charge in [-0.2, -0.15) is 4.31 Å². The molecule has 172 valence electrons. The number of ether oxygens (including phenoxy) is 2. The molecule has 0 spiro atoms. The average molecular weight is 474 g/mol. The molecule has 0 bridgehead atoms. The third-order valence-electron chi connectivity index (χ3n) is 4.95. The Morgan fingerprint density at radius 1 is 0.970 bits per heavy atom. The van der Waals surface area contributed by atoms with Crippen LogP contribution in [0.5, 0.6) is 11.5 Å². The Hall–Kier alpha value is -3.34. The minimum absolute atomic E-state index is 0.0122. The van der Waals surface area contributed by atoms with Crippen molar-refractivity contribution in [1.82, 2.24) is 4.31 Å². The molecule has 10 heteroatoms. The summed E-state index contributed by atoms with van der Waals surface area (Å²) in [7, 11) is -3.88. The Morgan fingerprint density at radius 3 is 2.42 bits per heavy atom. The lowest BCUT2D eigenvalue weighted by atomic mass is 10.2. The van der Waals surface area contributed by atoms with Crippen LogP contribution >= 0.6 is 0 Å². The molecule has 0 aromatic heterocycles. The van der Waals surface area contributed by atoms with Gasteiger partial charge >= 0.3 is 0 Å². The minimum Gasteiger partial charge on any atom is -0.455 e. The summed E-state index contributed by atoms with van der Waals surface area (Å²) in [4.78, 5) is 12.6. The van der Waals surface area contributed by atoms with Crippen LogP contribution in [0.2, 0.25) is 0 Å². The number of para-hydroxylation sites is 1. The van der Waals surface area contributed by atoms with E-state index in [4.69, 9.17) is 9.47 Å². The highest BCUT2D eigenvalue weighted by Gasteiger charge is 2.27. The predicted molar refractivity (Wildman–Crippen MR) is 117 cm³/mol. The zero-order valence-corrected chi connectivity index (χ0v) is 18.1. The van der Waals surface area contributed by atoms with E-state index < -0.39 is 33.1 Å². The number of rotatable bonds is 6. The lowest BCUT2D eigenvalue weighted by Gasteiger charge is -2.26. The number of hydrogen-bond donors (Lipinski definition) is 1. The fraction of sp³-hybridized carbons (Fsp3) is 0.174. The first-order valence-corrected chi connectivity index (χ1v) is 11.5. The van der Waals surface area contributed by atoms with Crippen LogP contribution < -0.4 is 10.1 Å². The van der Waals surface area contributed by atoms with Crippen molar-refractivity contribution >= 4 is 21.6 Å². The summed E-state index contributed by atoms with van der Waals surface area (Å²) in [6.07, 6.45) is 0. The first kappa shape index (κ1) is 22.8. The number of benzene rings is 3. The Balaban J connectivity index is 1.71. The molecule has 0 unspecified atom stereocenters. The molecule has 0 atom stereocenters.